The average molecular weight is 532 g/mol. The van der Waals surface area contributed by atoms with Crippen molar-refractivity contribution < 1.29 is 19.9 Å². The normalized spacial score (nSPS) is 10.2. The number of hydrogen-bond acceptors (Lipinski definition) is 9. The summed E-state index contributed by atoms with van der Waals surface area (Å²) < 4.78 is 0. The second-order valence-corrected chi connectivity index (χ2v) is 8.27. The third kappa shape index (κ3) is 8.32. The van der Waals surface area contributed by atoms with E-state index in [2.05, 4.69) is 82.7 Å². The number of anilines is 1. The van der Waals surface area contributed by atoms with Gasteiger partial charge in [0.25, 0.3) is 11.4 Å². The number of phenols is 1. The molecular weight excluding hydrogens is 506 g/mol. The minimum atomic E-state index is -1.21. The fraction of sp³-hybridized carbons (Fsp3) is 0.148. The van der Waals surface area contributed by atoms with Crippen LogP contribution in [-0.2, 0) is 12.8 Å². The van der Waals surface area contributed by atoms with Crippen molar-refractivity contribution in [2.45, 2.75) is 12.8 Å². The topological polar surface area (TPSA) is 166 Å². The van der Waals surface area contributed by atoms with Gasteiger partial charge in [0.2, 0.25) is 0 Å². The van der Waals surface area contributed by atoms with Gasteiger partial charge in [-0.1, -0.05) is 60.7 Å². The molecule has 39 heavy (non-hydrogen) atoms. The Balaban J connectivity index is 0.000000231. The molecular formula is C27H25N5O7. The highest BCUT2D eigenvalue weighted by Crippen LogP contribution is 2.38. The lowest BCUT2D eigenvalue weighted by molar-refractivity contribution is -0.404. The van der Waals surface area contributed by atoms with Gasteiger partial charge in [0, 0.05) is 31.2 Å². The van der Waals surface area contributed by atoms with Crippen LogP contribution in [0.3, 0.4) is 0 Å². The zero-order valence-electron chi connectivity index (χ0n) is 20.7. The molecule has 0 saturated heterocycles. The Hall–Kier alpha value is -5.39. The van der Waals surface area contributed by atoms with E-state index in [-0.39, 0.29) is 0 Å². The van der Waals surface area contributed by atoms with Gasteiger partial charge in [-0.25, -0.2) is 0 Å². The molecule has 0 radical (unpaired) electrons. The van der Waals surface area contributed by atoms with E-state index in [1.54, 1.807) is 0 Å². The van der Waals surface area contributed by atoms with Gasteiger partial charge in [-0.2, -0.15) is 0 Å². The van der Waals surface area contributed by atoms with Crippen molar-refractivity contribution in [3.8, 4) is 5.75 Å². The number of non-ortho nitro benzene ring substituents is 1. The Morgan fingerprint density at radius 1 is 0.667 bits per heavy atom. The van der Waals surface area contributed by atoms with Gasteiger partial charge in [-0.15, -0.1) is 0 Å². The number of pyridine rings is 1. The quantitative estimate of drug-likeness (QED) is 0.206. The van der Waals surface area contributed by atoms with Crippen molar-refractivity contribution in [3.63, 3.8) is 0 Å². The van der Waals surface area contributed by atoms with Crippen molar-refractivity contribution in [2.24, 2.45) is 0 Å². The van der Waals surface area contributed by atoms with E-state index in [1.807, 2.05) is 12.4 Å². The maximum Gasteiger partial charge on any atom is 0.324 e. The summed E-state index contributed by atoms with van der Waals surface area (Å²) in [6, 6.07) is 26.4. The molecule has 0 amide bonds. The monoisotopic (exact) mass is 531 g/mol. The molecule has 0 aliphatic heterocycles. The van der Waals surface area contributed by atoms with Crippen LogP contribution in [0.1, 0.15) is 11.1 Å². The summed E-state index contributed by atoms with van der Waals surface area (Å²) in [4.78, 5) is 34.4. The molecule has 4 aromatic rings. The van der Waals surface area contributed by atoms with E-state index in [0.717, 1.165) is 25.9 Å². The Bertz CT molecular complexity index is 1330. The summed E-state index contributed by atoms with van der Waals surface area (Å²) >= 11 is 0. The Morgan fingerprint density at radius 2 is 1.10 bits per heavy atom. The molecule has 12 nitrogen and oxygen atoms in total. The van der Waals surface area contributed by atoms with E-state index in [1.165, 1.54) is 16.8 Å². The molecule has 200 valence electrons. The molecule has 1 N–H and O–H groups in total. The first kappa shape index (κ1) is 28.2. The van der Waals surface area contributed by atoms with Gasteiger partial charge in [0.15, 0.2) is 0 Å². The molecule has 0 bridgehead atoms. The van der Waals surface area contributed by atoms with Crippen LogP contribution >= 0.6 is 0 Å². The fourth-order valence-corrected chi connectivity index (χ4v) is 3.72. The third-order valence-electron chi connectivity index (χ3n) is 5.71. The second-order valence-electron chi connectivity index (χ2n) is 8.27. The first-order chi connectivity index (χ1) is 18.8. The average Bonchev–Trinajstić information content (AvgIpc) is 2.94. The summed E-state index contributed by atoms with van der Waals surface area (Å²) in [6.07, 6.45) is 5.84. The molecule has 0 fully saturated rings. The van der Waals surface area contributed by atoms with Gasteiger partial charge in [0.1, 0.15) is 0 Å². The molecule has 12 heteroatoms. The number of benzene rings is 3. The summed E-state index contributed by atoms with van der Waals surface area (Å²) in [6.45, 7) is 2.03. The zero-order chi connectivity index (χ0) is 28.2. The van der Waals surface area contributed by atoms with Gasteiger partial charge in [0.05, 0.1) is 26.9 Å². The molecule has 0 atom stereocenters. The number of rotatable bonds is 10. The minimum Gasteiger partial charge on any atom is -0.497 e. The summed E-state index contributed by atoms with van der Waals surface area (Å²) in [5.74, 6) is -1.21. The van der Waals surface area contributed by atoms with Crippen molar-refractivity contribution in [2.75, 3.05) is 18.0 Å². The molecule has 0 spiro atoms. The summed E-state index contributed by atoms with van der Waals surface area (Å²) in [7, 11) is 0. The largest absolute Gasteiger partial charge is 0.497 e. The first-order valence-corrected chi connectivity index (χ1v) is 11.8. The van der Waals surface area contributed by atoms with Crippen molar-refractivity contribution in [3.05, 3.63) is 139 Å². The van der Waals surface area contributed by atoms with Crippen molar-refractivity contribution in [1.29, 1.82) is 0 Å². The van der Waals surface area contributed by atoms with Gasteiger partial charge in [-0.05, 0) is 36.1 Å². The standard InChI is InChI=1S/C21H22N2.C6H3N3O7/c1-3-7-19(8-4-1)13-17-23(21-11-15-22-16-12-21)18-14-20-9-5-2-6-10-20;10-6-4(8(13)14)1-3(7(11)12)2-5(6)9(15)16/h1-12,15-16H,13-14,17-18H2;1-2,10H. The third-order valence-corrected chi connectivity index (χ3v) is 5.71. The Labute approximate surface area is 223 Å². The highest BCUT2D eigenvalue weighted by molar-refractivity contribution is 5.64. The SMILES string of the molecule is O=[N+]([O-])c1cc([N+](=O)[O-])c(O)c([N+](=O)[O-])c1.c1ccc(CCN(CCc2ccccc2)c2ccncc2)cc1. The number of aromatic nitrogens is 1. The molecule has 3 aromatic carbocycles. The number of nitro benzene ring substituents is 3. The van der Waals surface area contributed by atoms with Crippen molar-refractivity contribution in [1.82, 2.24) is 4.98 Å². The highest BCUT2D eigenvalue weighted by Gasteiger charge is 2.30. The van der Waals surface area contributed by atoms with E-state index in [4.69, 9.17) is 5.11 Å². The lowest BCUT2D eigenvalue weighted by atomic mass is 10.1. The molecule has 0 aliphatic carbocycles. The van der Waals surface area contributed by atoms with Gasteiger partial charge in [-0.3, -0.25) is 35.3 Å². The maximum atomic E-state index is 10.4. The van der Waals surface area contributed by atoms with Crippen LogP contribution < -0.4 is 4.90 Å². The molecule has 0 aliphatic rings. The van der Waals surface area contributed by atoms with Crippen molar-refractivity contribution >= 4 is 22.7 Å². The number of hydrogen-bond donors (Lipinski definition) is 1. The fourth-order valence-electron chi connectivity index (χ4n) is 3.72. The first-order valence-electron chi connectivity index (χ1n) is 11.8. The van der Waals surface area contributed by atoms with Gasteiger partial charge >= 0.3 is 11.4 Å². The molecule has 1 aromatic heterocycles. The highest BCUT2D eigenvalue weighted by atomic mass is 16.6. The van der Waals surface area contributed by atoms with Crippen LogP contribution in [0.15, 0.2) is 97.3 Å². The lowest BCUT2D eigenvalue weighted by Crippen LogP contribution is -2.28. The number of nitrogens with zero attached hydrogens (tertiary/aromatic N) is 5. The molecule has 0 saturated carbocycles. The smallest absolute Gasteiger partial charge is 0.324 e. The van der Waals surface area contributed by atoms with E-state index in [9.17, 15) is 30.3 Å². The molecule has 0 unspecified atom stereocenters. The molecule has 1 heterocycles. The number of phenolic OH excluding ortho intramolecular Hbond substituents is 1. The number of aromatic hydroxyl groups is 1. The van der Waals surface area contributed by atoms with E-state index >= 15 is 0 Å². The van der Waals surface area contributed by atoms with Crippen LogP contribution in [0, 0.1) is 30.3 Å². The second kappa shape index (κ2) is 13.8. The maximum absolute atomic E-state index is 10.4. The Morgan fingerprint density at radius 3 is 1.49 bits per heavy atom. The lowest BCUT2D eigenvalue weighted by Gasteiger charge is -2.25. The van der Waals surface area contributed by atoms with Crippen LogP contribution in [0.2, 0.25) is 0 Å². The van der Waals surface area contributed by atoms with Crippen LogP contribution in [0.5, 0.6) is 5.75 Å². The van der Waals surface area contributed by atoms with Gasteiger partial charge < -0.3 is 10.0 Å². The van der Waals surface area contributed by atoms with Crippen LogP contribution in [0.25, 0.3) is 0 Å². The van der Waals surface area contributed by atoms with Crippen LogP contribution in [-0.4, -0.2) is 37.9 Å². The number of nitro groups is 3. The van der Waals surface area contributed by atoms with E-state index < -0.39 is 37.6 Å². The summed E-state index contributed by atoms with van der Waals surface area (Å²) in [5, 5.41) is 40.2. The van der Waals surface area contributed by atoms with Crippen LogP contribution in [0.4, 0.5) is 22.7 Å². The van der Waals surface area contributed by atoms with E-state index in [0.29, 0.717) is 12.1 Å². The zero-order valence-corrected chi connectivity index (χ0v) is 20.7. The Kier molecular flexibility index (Phi) is 9.97. The molecule has 4 rings (SSSR count). The summed E-state index contributed by atoms with van der Waals surface area (Å²) in [5.41, 5.74) is 1.00. The predicted molar refractivity (Wildman–Crippen MR) is 145 cm³/mol. The minimum absolute atomic E-state index is 0.447. The predicted octanol–water partition coefficient (Wildman–Crippen LogP) is 5.49.